The fourth-order valence-corrected chi connectivity index (χ4v) is 4.51. The number of carbonyl (C=O) groups excluding carboxylic acids is 1. The van der Waals surface area contributed by atoms with Crippen molar-refractivity contribution in [2.24, 2.45) is 0 Å². The van der Waals surface area contributed by atoms with Gasteiger partial charge in [-0.1, -0.05) is 54.2 Å². The van der Waals surface area contributed by atoms with Crippen LogP contribution in [-0.2, 0) is 11.3 Å². The second kappa shape index (κ2) is 9.39. The van der Waals surface area contributed by atoms with E-state index in [0.29, 0.717) is 23.9 Å². The number of aromatic nitrogens is 3. The molecule has 0 radical (unpaired) electrons. The maximum atomic E-state index is 13.5. The number of ether oxygens (including phenoxy) is 1. The maximum Gasteiger partial charge on any atom is 0.242 e. The topological polar surface area (TPSA) is 69.0 Å². The van der Waals surface area contributed by atoms with Gasteiger partial charge < -0.3 is 14.6 Å². The number of nitrogens with zero attached hydrogens (tertiary/aromatic N) is 3. The highest BCUT2D eigenvalue weighted by Gasteiger charge is 2.32. The predicted octanol–water partition coefficient (Wildman–Crippen LogP) is 5.13. The van der Waals surface area contributed by atoms with Gasteiger partial charge in [-0.25, -0.2) is 0 Å². The third kappa shape index (κ3) is 4.82. The van der Waals surface area contributed by atoms with E-state index in [1.165, 1.54) is 11.8 Å². The van der Waals surface area contributed by atoms with Crippen molar-refractivity contribution in [3.8, 4) is 5.75 Å². The van der Waals surface area contributed by atoms with E-state index >= 15 is 0 Å². The first-order valence-corrected chi connectivity index (χ1v) is 11.2. The number of allylic oxidation sites excluding steroid dienone is 1. The number of benzene rings is 2. The Hall–Kier alpha value is -3.06. The van der Waals surface area contributed by atoms with Crippen molar-refractivity contribution in [3.63, 3.8) is 0 Å². The summed E-state index contributed by atoms with van der Waals surface area (Å²) in [5.41, 5.74) is 2.60. The normalized spacial score (nSPS) is 14.1. The molecule has 1 aliphatic rings. The Morgan fingerprint density at radius 3 is 2.74 bits per heavy atom. The fourth-order valence-electron chi connectivity index (χ4n) is 3.46. The first kappa shape index (κ1) is 21.2. The summed E-state index contributed by atoms with van der Waals surface area (Å²) in [7, 11) is 1.60. The molecule has 1 aliphatic carbocycles. The van der Waals surface area contributed by atoms with Crippen LogP contribution in [0.15, 0.2) is 66.3 Å². The third-order valence-electron chi connectivity index (χ3n) is 5.18. The van der Waals surface area contributed by atoms with Gasteiger partial charge in [0.15, 0.2) is 5.16 Å². The van der Waals surface area contributed by atoms with Gasteiger partial charge in [0.1, 0.15) is 16.8 Å². The van der Waals surface area contributed by atoms with E-state index in [2.05, 4.69) is 26.7 Å². The maximum absolute atomic E-state index is 13.5. The van der Waals surface area contributed by atoms with Crippen LogP contribution in [0, 0.1) is 6.92 Å². The van der Waals surface area contributed by atoms with Gasteiger partial charge in [-0.15, -0.1) is 16.8 Å². The number of anilines is 1. The standard InChI is InChI=1S/C24H26N4O2S/c1-4-14-28-22(18-11-12-18)26-27-24(28)31-21(17-8-6-5-7-9-17)23(29)25-19-15-16(2)10-13-20(19)30-3/h4-10,13,15,18,21H,1,11-12,14H2,2-3H3,(H,25,29). The monoisotopic (exact) mass is 434 g/mol. The quantitative estimate of drug-likeness (QED) is 0.373. The van der Waals surface area contributed by atoms with Crippen LogP contribution in [0.25, 0.3) is 0 Å². The van der Waals surface area contributed by atoms with Crippen LogP contribution in [0.1, 0.15) is 41.0 Å². The van der Waals surface area contributed by atoms with Gasteiger partial charge in [-0.05, 0) is 43.0 Å². The molecule has 7 heteroatoms. The van der Waals surface area contributed by atoms with E-state index in [1.54, 1.807) is 7.11 Å². The van der Waals surface area contributed by atoms with Crippen LogP contribution < -0.4 is 10.1 Å². The lowest BCUT2D eigenvalue weighted by molar-refractivity contribution is -0.115. The van der Waals surface area contributed by atoms with Gasteiger partial charge in [0.2, 0.25) is 5.91 Å². The highest BCUT2D eigenvalue weighted by molar-refractivity contribution is 8.00. The summed E-state index contributed by atoms with van der Waals surface area (Å²) in [4.78, 5) is 13.5. The van der Waals surface area contributed by atoms with Crippen LogP contribution in [0.3, 0.4) is 0 Å². The molecule has 1 aromatic heterocycles. The first-order valence-electron chi connectivity index (χ1n) is 10.3. The number of carbonyl (C=O) groups is 1. The van der Waals surface area contributed by atoms with E-state index in [1.807, 2.05) is 61.5 Å². The Bertz CT molecular complexity index is 1080. The van der Waals surface area contributed by atoms with Crippen molar-refractivity contribution in [1.29, 1.82) is 0 Å². The van der Waals surface area contributed by atoms with Crippen LogP contribution in [0.5, 0.6) is 5.75 Å². The van der Waals surface area contributed by atoms with E-state index in [9.17, 15) is 4.79 Å². The molecular formula is C24H26N4O2S. The molecule has 1 N–H and O–H groups in total. The summed E-state index contributed by atoms with van der Waals surface area (Å²) in [6.07, 6.45) is 4.11. The fraction of sp³-hybridized carbons (Fsp3) is 0.292. The van der Waals surface area contributed by atoms with Crippen molar-refractivity contribution in [1.82, 2.24) is 14.8 Å². The summed E-state index contributed by atoms with van der Waals surface area (Å²) < 4.78 is 7.51. The molecule has 1 unspecified atom stereocenters. The van der Waals surface area contributed by atoms with Gasteiger partial charge in [0, 0.05) is 12.5 Å². The zero-order valence-electron chi connectivity index (χ0n) is 17.7. The number of methoxy groups -OCH3 is 1. The molecule has 1 amide bonds. The Kier molecular flexibility index (Phi) is 6.42. The Morgan fingerprint density at radius 2 is 2.06 bits per heavy atom. The number of nitrogens with one attached hydrogen (secondary N) is 1. The van der Waals surface area contributed by atoms with E-state index in [0.717, 1.165) is 34.9 Å². The second-order valence-corrected chi connectivity index (χ2v) is 8.69. The average molecular weight is 435 g/mol. The van der Waals surface area contributed by atoms with Crippen molar-refractivity contribution < 1.29 is 9.53 Å². The summed E-state index contributed by atoms with van der Waals surface area (Å²) in [5, 5.41) is 12.1. The van der Waals surface area contributed by atoms with Gasteiger partial charge in [-0.3, -0.25) is 4.79 Å². The molecule has 160 valence electrons. The van der Waals surface area contributed by atoms with Gasteiger partial charge in [0.05, 0.1) is 12.8 Å². The SMILES string of the molecule is C=CCn1c(SC(C(=O)Nc2cc(C)ccc2OC)c2ccccc2)nnc1C1CC1. The minimum absolute atomic E-state index is 0.138. The molecule has 1 heterocycles. The summed E-state index contributed by atoms with van der Waals surface area (Å²) >= 11 is 1.41. The lowest BCUT2D eigenvalue weighted by Gasteiger charge is -2.18. The summed E-state index contributed by atoms with van der Waals surface area (Å²) in [6, 6.07) is 15.5. The van der Waals surface area contributed by atoms with Crippen molar-refractivity contribution >= 4 is 23.4 Å². The average Bonchev–Trinajstić information content (AvgIpc) is 3.55. The number of aryl methyl sites for hydroxylation is 1. The highest BCUT2D eigenvalue weighted by Crippen LogP contribution is 2.42. The highest BCUT2D eigenvalue weighted by atomic mass is 32.2. The van der Waals surface area contributed by atoms with Crippen molar-refractivity contribution in [2.75, 3.05) is 12.4 Å². The van der Waals surface area contributed by atoms with Crippen LogP contribution in [-0.4, -0.2) is 27.8 Å². The largest absolute Gasteiger partial charge is 0.495 e. The Balaban J connectivity index is 1.65. The minimum Gasteiger partial charge on any atom is -0.495 e. The van der Waals surface area contributed by atoms with E-state index in [-0.39, 0.29) is 5.91 Å². The van der Waals surface area contributed by atoms with Gasteiger partial charge in [-0.2, -0.15) is 0 Å². The number of hydrogen-bond acceptors (Lipinski definition) is 5. The van der Waals surface area contributed by atoms with Crippen molar-refractivity contribution in [2.45, 2.75) is 42.6 Å². The lowest BCUT2D eigenvalue weighted by atomic mass is 10.1. The Labute approximate surface area is 186 Å². The van der Waals surface area contributed by atoms with Gasteiger partial charge >= 0.3 is 0 Å². The molecule has 6 nitrogen and oxygen atoms in total. The first-order chi connectivity index (χ1) is 15.1. The molecule has 31 heavy (non-hydrogen) atoms. The van der Waals surface area contributed by atoms with Crippen LogP contribution in [0.2, 0.25) is 0 Å². The van der Waals surface area contributed by atoms with Gasteiger partial charge in [0.25, 0.3) is 0 Å². The number of hydrogen-bond donors (Lipinski definition) is 1. The second-order valence-electron chi connectivity index (χ2n) is 7.62. The zero-order valence-corrected chi connectivity index (χ0v) is 18.6. The predicted molar refractivity (Wildman–Crippen MR) is 124 cm³/mol. The number of amides is 1. The Morgan fingerprint density at radius 1 is 1.29 bits per heavy atom. The molecule has 0 saturated heterocycles. The number of rotatable bonds is 9. The molecule has 3 aromatic rings. The van der Waals surface area contributed by atoms with Crippen molar-refractivity contribution in [3.05, 3.63) is 78.1 Å². The summed E-state index contributed by atoms with van der Waals surface area (Å²) in [5.74, 6) is 1.93. The molecule has 1 saturated carbocycles. The molecule has 4 rings (SSSR count). The van der Waals surface area contributed by atoms with Crippen LogP contribution >= 0.6 is 11.8 Å². The molecule has 1 atom stereocenters. The molecule has 0 bridgehead atoms. The molecule has 0 spiro atoms. The number of thioether (sulfide) groups is 1. The molecule has 1 fully saturated rings. The molecule has 0 aliphatic heterocycles. The lowest BCUT2D eigenvalue weighted by Crippen LogP contribution is -2.20. The molecule has 2 aromatic carbocycles. The third-order valence-corrected chi connectivity index (χ3v) is 6.41. The van der Waals surface area contributed by atoms with E-state index in [4.69, 9.17) is 4.74 Å². The minimum atomic E-state index is -0.494. The van der Waals surface area contributed by atoms with Crippen LogP contribution in [0.4, 0.5) is 5.69 Å². The molecular weight excluding hydrogens is 408 g/mol. The smallest absolute Gasteiger partial charge is 0.242 e. The summed E-state index contributed by atoms with van der Waals surface area (Å²) in [6.45, 7) is 6.48. The zero-order chi connectivity index (χ0) is 21.8. The van der Waals surface area contributed by atoms with E-state index < -0.39 is 5.25 Å².